The molecule has 0 fully saturated rings. The number of hydrogen-bond acceptors (Lipinski definition) is 7. The van der Waals surface area contributed by atoms with Crippen molar-refractivity contribution in [2.45, 2.75) is 26.8 Å². The number of benzene rings is 2. The zero-order chi connectivity index (χ0) is 30.3. The summed E-state index contributed by atoms with van der Waals surface area (Å²) < 4.78 is 43.0. The SMILES string of the molecule is Cc1ccc(Nc2ncc3c(n2)N(C)C(=O)N(c2cc(-c4ncc(-c5ccccc5OC(F)(F)F)[nH]4)ccc2C)C3)cn1. The van der Waals surface area contributed by atoms with Crippen LogP contribution in [0.25, 0.3) is 22.6 Å². The predicted octanol–water partition coefficient (Wildman–Crippen LogP) is 6.76. The van der Waals surface area contributed by atoms with Crippen LogP contribution in [-0.2, 0) is 6.54 Å². The predicted molar refractivity (Wildman–Crippen MR) is 155 cm³/mol. The molecule has 43 heavy (non-hydrogen) atoms. The summed E-state index contributed by atoms with van der Waals surface area (Å²) in [7, 11) is 1.65. The number of ether oxygens (including phenoxy) is 1. The van der Waals surface area contributed by atoms with Gasteiger partial charge in [0.2, 0.25) is 5.95 Å². The number of fused-ring (bicyclic) bond motifs is 1. The number of para-hydroxylation sites is 1. The van der Waals surface area contributed by atoms with Crippen molar-refractivity contribution in [3.63, 3.8) is 0 Å². The number of nitrogens with one attached hydrogen (secondary N) is 2. The average molecular weight is 587 g/mol. The summed E-state index contributed by atoms with van der Waals surface area (Å²) in [4.78, 5) is 37.4. The standard InChI is InChI=1S/C30H25F3N8O2/c1-17-8-10-19(26-35-15-23(38-26)22-6-4-5-7-25(22)43-30(31,32)33)12-24(17)41-16-20-13-36-28(39-27(20)40(3)29(41)42)37-21-11-9-18(2)34-14-21/h4-15H,16H2,1-3H3,(H,35,38)(H,36,37,39). The first kappa shape index (κ1) is 27.7. The van der Waals surface area contributed by atoms with Gasteiger partial charge in [-0.3, -0.25) is 14.8 Å². The number of imidazole rings is 1. The molecule has 4 heterocycles. The molecule has 5 aromatic rings. The Morgan fingerprint density at radius 3 is 2.56 bits per heavy atom. The number of aromatic amines is 1. The van der Waals surface area contributed by atoms with Gasteiger partial charge in [-0.25, -0.2) is 14.8 Å². The van der Waals surface area contributed by atoms with Crippen molar-refractivity contribution in [3.05, 3.63) is 90.0 Å². The summed E-state index contributed by atoms with van der Waals surface area (Å²) in [5.41, 5.74) is 5.05. The fourth-order valence-corrected chi connectivity index (χ4v) is 4.78. The second kappa shape index (κ2) is 10.7. The van der Waals surface area contributed by atoms with E-state index in [1.807, 2.05) is 44.2 Å². The van der Waals surface area contributed by atoms with Crippen LogP contribution in [0, 0.1) is 13.8 Å². The fourth-order valence-electron chi connectivity index (χ4n) is 4.78. The maximum atomic E-state index is 13.6. The van der Waals surface area contributed by atoms with Crippen LogP contribution in [0.2, 0.25) is 0 Å². The highest BCUT2D eigenvalue weighted by Gasteiger charge is 2.33. The van der Waals surface area contributed by atoms with E-state index >= 15 is 0 Å². The summed E-state index contributed by atoms with van der Waals surface area (Å²) in [6, 6.07) is 14.8. The first-order valence-corrected chi connectivity index (χ1v) is 13.2. The van der Waals surface area contributed by atoms with Gasteiger partial charge in [-0.2, -0.15) is 4.98 Å². The third-order valence-electron chi connectivity index (χ3n) is 6.93. The molecule has 0 radical (unpaired) electrons. The highest BCUT2D eigenvalue weighted by Crippen LogP contribution is 2.36. The molecule has 218 valence electrons. The average Bonchev–Trinajstić information content (AvgIpc) is 3.46. The van der Waals surface area contributed by atoms with Gasteiger partial charge in [0.1, 0.15) is 17.4 Å². The smallest absolute Gasteiger partial charge is 0.405 e. The van der Waals surface area contributed by atoms with E-state index in [4.69, 9.17) is 0 Å². The lowest BCUT2D eigenvalue weighted by atomic mass is 10.1. The summed E-state index contributed by atoms with van der Waals surface area (Å²) in [6.07, 6.45) is -0.0271. The zero-order valence-electron chi connectivity index (χ0n) is 23.3. The van der Waals surface area contributed by atoms with E-state index in [1.54, 1.807) is 30.4 Å². The molecular formula is C30H25F3N8O2. The first-order valence-electron chi connectivity index (χ1n) is 13.2. The van der Waals surface area contributed by atoms with Crippen LogP contribution >= 0.6 is 0 Å². The fraction of sp³-hybridized carbons (Fsp3) is 0.167. The second-order valence-corrected chi connectivity index (χ2v) is 9.97. The van der Waals surface area contributed by atoms with E-state index in [2.05, 4.69) is 35.0 Å². The largest absolute Gasteiger partial charge is 0.573 e. The molecule has 1 aliphatic heterocycles. The number of amides is 2. The van der Waals surface area contributed by atoms with Crippen LogP contribution in [0.1, 0.15) is 16.8 Å². The van der Waals surface area contributed by atoms with Gasteiger partial charge in [0.05, 0.1) is 30.3 Å². The van der Waals surface area contributed by atoms with Crippen LogP contribution < -0.4 is 19.9 Å². The lowest BCUT2D eigenvalue weighted by molar-refractivity contribution is -0.274. The Balaban J connectivity index is 1.27. The third kappa shape index (κ3) is 5.69. The molecule has 0 saturated heterocycles. The molecule has 0 aliphatic carbocycles. The van der Waals surface area contributed by atoms with Crippen LogP contribution in [0.3, 0.4) is 0 Å². The van der Waals surface area contributed by atoms with E-state index in [0.29, 0.717) is 34.5 Å². The van der Waals surface area contributed by atoms with Gasteiger partial charge in [-0.15, -0.1) is 13.2 Å². The number of anilines is 4. The number of hydrogen-bond donors (Lipinski definition) is 2. The lowest BCUT2D eigenvalue weighted by Gasteiger charge is -2.35. The van der Waals surface area contributed by atoms with Crippen LogP contribution in [-0.4, -0.2) is 44.4 Å². The maximum Gasteiger partial charge on any atom is 0.573 e. The Hall–Kier alpha value is -5.46. The molecule has 2 amide bonds. The molecule has 0 saturated carbocycles. The number of urea groups is 1. The molecule has 13 heteroatoms. The van der Waals surface area contributed by atoms with E-state index in [0.717, 1.165) is 22.5 Å². The number of aryl methyl sites for hydroxylation is 2. The third-order valence-corrected chi connectivity index (χ3v) is 6.93. The Bertz CT molecular complexity index is 1820. The number of rotatable bonds is 6. The Morgan fingerprint density at radius 1 is 0.977 bits per heavy atom. The van der Waals surface area contributed by atoms with Gasteiger partial charge in [-0.1, -0.05) is 24.3 Å². The molecule has 2 aromatic carbocycles. The Kier molecular flexibility index (Phi) is 6.92. The van der Waals surface area contributed by atoms with E-state index in [9.17, 15) is 18.0 Å². The molecule has 3 aromatic heterocycles. The van der Waals surface area contributed by atoms with Gasteiger partial charge >= 0.3 is 12.4 Å². The molecule has 2 N–H and O–H groups in total. The van der Waals surface area contributed by atoms with Gasteiger partial charge < -0.3 is 15.0 Å². The van der Waals surface area contributed by atoms with Gasteiger partial charge in [-0.05, 0) is 49.7 Å². The summed E-state index contributed by atoms with van der Waals surface area (Å²) in [5, 5.41) is 3.11. The molecule has 10 nitrogen and oxygen atoms in total. The quantitative estimate of drug-likeness (QED) is 0.226. The van der Waals surface area contributed by atoms with Crippen LogP contribution in [0.5, 0.6) is 5.75 Å². The summed E-state index contributed by atoms with van der Waals surface area (Å²) >= 11 is 0. The van der Waals surface area contributed by atoms with Crippen LogP contribution in [0.15, 0.2) is 73.2 Å². The highest BCUT2D eigenvalue weighted by atomic mass is 19.4. The molecule has 0 spiro atoms. The normalized spacial score (nSPS) is 13.2. The van der Waals surface area contributed by atoms with Crippen molar-refractivity contribution in [1.29, 1.82) is 0 Å². The monoisotopic (exact) mass is 586 g/mol. The molecule has 0 atom stereocenters. The molecule has 6 rings (SSSR count). The van der Waals surface area contributed by atoms with Crippen molar-refractivity contribution in [1.82, 2.24) is 24.9 Å². The molecule has 0 bridgehead atoms. The number of aromatic nitrogens is 5. The molecule has 0 unspecified atom stereocenters. The van der Waals surface area contributed by atoms with Crippen molar-refractivity contribution in [2.24, 2.45) is 0 Å². The minimum Gasteiger partial charge on any atom is -0.405 e. The second-order valence-electron chi connectivity index (χ2n) is 9.97. The first-order chi connectivity index (χ1) is 20.6. The maximum absolute atomic E-state index is 13.6. The van der Waals surface area contributed by atoms with Crippen molar-refractivity contribution in [2.75, 3.05) is 22.2 Å². The number of H-pyrrole nitrogens is 1. The Morgan fingerprint density at radius 2 is 1.79 bits per heavy atom. The summed E-state index contributed by atoms with van der Waals surface area (Å²) in [5.74, 6) is 0.905. The lowest BCUT2D eigenvalue weighted by Crippen LogP contribution is -2.46. The number of pyridine rings is 1. The zero-order valence-corrected chi connectivity index (χ0v) is 23.3. The Labute approximate surface area is 244 Å². The van der Waals surface area contributed by atoms with E-state index < -0.39 is 6.36 Å². The summed E-state index contributed by atoms with van der Waals surface area (Å²) in [6.45, 7) is 4.02. The topological polar surface area (TPSA) is 112 Å². The van der Waals surface area contributed by atoms with Crippen LogP contribution in [0.4, 0.5) is 41.1 Å². The number of nitrogens with zero attached hydrogens (tertiary/aromatic N) is 6. The van der Waals surface area contributed by atoms with Gasteiger partial charge in [0.15, 0.2) is 0 Å². The number of halogens is 3. The van der Waals surface area contributed by atoms with Crippen molar-refractivity contribution >= 4 is 29.2 Å². The minimum atomic E-state index is -4.83. The molecule has 1 aliphatic rings. The van der Waals surface area contributed by atoms with Crippen molar-refractivity contribution < 1.29 is 22.7 Å². The van der Waals surface area contributed by atoms with Gasteiger partial charge in [0.25, 0.3) is 0 Å². The number of alkyl halides is 3. The van der Waals surface area contributed by atoms with E-state index in [-0.39, 0.29) is 23.9 Å². The van der Waals surface area contributed by atoms with Gasteiger partial charge in [0, 0.05) is 41.3 Å². The molecular weight excluding hydrogens is 561 g/mol. The number of carbonyl (C=O) groups is 1. The highest BCUT2D eigenvalue weighted by molar-refractivity contribution is 6.05. The van der Waals surface area contributed by atoms with Crippen molar-refractivity contribution in [3.8, 4) is 28.4 Å². The minimum absolute atomic E-state index is 0.211. The van der Waals surface area contributed by atoms with E-state index in [1.165, 1.54) is 29.3 Å². The number of carbonyl (C=O) groups excluding carboxylic acids is 1.